The van der Waals surface area contributed by atoms with E-state index in [1.165, 1.54) is 24.8 Å². The van der Waals surface area contributed by atoms with Crippen molar-refractivity contribution in [2.45, 2.75) is 52.2 Å². The Bertz CT molecular complexity index is 746. The highest BCUT2D eigenvalue weighted by atomic mass is 79.9. The topological polar surface area (TPSA) is 54.3 Å². The summed E-state index contributed by atoms with van der Waals surface area (Å²) in [6, 6.07) is 8.76. The average Bonchev–Trinajstić information content (AvgIpc) is 2.73. The summed E-state index contributed by atoms with van der Waals surface area (Å²) in [6.07, 6.45) is 3.63. The fourth-order valence-electron chi connectivity index (χ4n) is 3.11. The maximum atomic E-state index is 11.9. The van der Waals surface area contributed by atoms with E-state index in [0.717, 1.165) is 21.3 Å². The van der Waals surface area contributed by atoms with E-state index in [2.05, 4.69) is 45.5 Å². The second kappa shape index (κ2) is 7.11. The molecule has 1 aromatic heterocycles. The minimum absolute atomic E-state index is 0.381. The van der Waals surface area contributed by atoms with Crippen molar-refractivity contribution in [2.24, 2.45) is 0 Å². The van der Waals surface area contributed by atoms with Gasteiger partial charge in [0.2, 0.25) is 0 Å². The van der Waals surface area contributed by atoms with Crippen LogP contribution in [0.25, 0.3) is 0 Å². The van der Waals surface area contributed by atoms with Crippen LogP contribution in [0, 0.1) is 13.8 Å². The van der Waals surface area contributed by atoms with Gasteiger partial charge in [-0.25, -0.2) is 4.79 Å². The molecule has 0 atom stereocenters. The molecule has 2 aromatic rings. The molecular weight excluding hydrogens is 368 g/mol. The van der Waals surface area contributed by atoms with E-state index in [9.17, 15) is 9.90 Å². The van der Waals surface area contributed by atoms with Crippen molar-refractivity contribution in [3.63, 3.8) is 0 Å². The molecular formula is C19H23BrN2O2. The van der Waals surface area contributed by atoms with Crippen LogP contribution in [0.1, 0.15) is 52.1 Å². The second-order valence-electron chi connectivity index (χ2n) is 6.61. The maximum absolute atomic E-state index is 11.9. The van der Waals surface area contributed by atoms with Gasteiger partial charge in [0, 0.05) is 34.9 Å². The molecule has 2 N–H and O–H groups in total. The van der Waals surface area contributed by atoms with Crippen molar-refractivity contribution in [2.75, 3.05) is 0 Å². The third-order valence-corrected chi connectivity index (χ3v) is 5.93. The molecule has 1 heterocycles. The molecule has 3 rings (SSSR count). The molecule has 0 spiro atoms. The number of rotatable bonds is 6. The number of nitrogens with zero attached hydrogens (tertiary/aromatic N) is 1. The Kier molecular flexibility index (Phi) is 5.11. The van der Waals surface area contributed by atoms with Crippen molar-refractivity contribution in [1.29, 1.82) is 0 Å². The number of carboxylic acid groups (broad SMARTS) is 1. The predicted octanol–water partition coefficient (Wildman–Crippen LogP) is 4.26. The quantitative estimate of drug-likeness (QED) is 0.774. The summed E-state index contributed by atoms with van der Waals surface area (Å²) in [6.45, 7) is 5.18. The van der Waals surface area contributed by atoms with E-state index in [-0.39, 0.29) is 0 Å². The molecule has 1 aromatic carbocycles. The molecule has 1 saturated carbocycles. The van der Waals surface area contributed by atoms with Crippen molar-refractivity contribution >= 4 is 21.9 Å². The van der Waals surface area contributed by atoms with E-state index in [0.29, 0.717) is 24.8 Å². The van der Waals surface area contributed by atoms with Crippen molar-refractivity contribution in [3.8, 4) is 0 Å². The molecule has 128 valence electrons. The normalized spacial score (nSPS) is 14.6. The van der Waals surface area contributed by atoms with Crippen LogP contribution in [0.15, 0.2) is 28.7 Å². The first-order valence-corrected chi connectivity index (χ1v) is 9.16. The van der Waals surface area contributed by atoms with E-state index in [1.807, 2.05) is 18.4 Å². The first-order valence-electron chi connectivity index (χ1n) is 8.37. The predicted molar refractivity (Wildman–Crippen MR) is 98.6 cm³/mol. The number of aromatic carboxylic acids is 1. The van der Waals surface area contributed by atoms with Gasteiger partial charge < -0.3 is 15.0 Å². The number of carboxylic acids is 1. The number of aromatic nitrogens is 1. The lowest BCUT2D eigenvalue weighted by molar-refractivity contribution is 0.0683. The molecule has 5 heteroatoms. The van der Waals surface area contributed by atoms with Gasteiger partial charge in [0.05, 0.1) is 0 Å². The zero-order valence-electron chi connectivity index (χ0n) is 14.1. The van der Waals surface area contributed by atoms with Gasteiger partial charge in [0.1, 0.15) is 5.69 Å². The van der Waals surface area contributed by atoms with Gasteiger partial charge in [-0.15, -0.1) is 0 Å². The number of hydrogen-bond acceptors (Lipinski definition) is 2. The molecule has 1 aliphatic carbocycles. The van der Waals surface area contributed by atoms with Gasteiger partial charge in [0.15, 0.2) is 0 Å². The number of hydrogen-bond donors (Lipinski definition) is 2. The van der Waals surface area contributed by atoms with Crippen molar-refractivity contribution in [1.82, 2.24) is 9.88 Å². The zero-order chi connectivity index (χ0) is 17.3. The third kappa shape index (κ3) is 3.42. The van der Waals surface area contributed by atoms with Crippen molar-refractivity contribution in [3.05, 3.63) is 56.8 Å². The maximum Gasteiger partial charge on any atom is 0.352 e. The standard InChI is InChI=1S/C19H23BrN2O2/c1-12-6-8-14(9-7-12)11-22-13(2)17(20)16(18(22)19(23)24)10-21-15-4-3-5-15/h6-9,15,21H,3-5,10-11H2,1-2H3,(H,23,24). The summed E-state index contributed by atoms with van der Waals surface area (Å²) in [5.74, 6) is -0.874. The van der Waals surface area contributed by atoms with E-state index in [4.69, 9.17) is 0 Å². The fraction of sp³-hybridized carbons (Fsp3) is 0.421. The van der Waals surface area contributed by atoms with Crippen LogP contribution in [0.3, 0.4) is 0 Å². The van der Waals surface area contributed by atoms with Crippen LogP contribution in [0.2, 0.25) is 0 Å². The SMILES string of the molecule is Cc1ccc(Cn2c(C)c(Br)c(CNC3CCC3)c2C(=O)O)cc1. The van der Waals surface area contributed by atoms with Crippen LogP contribution in [0.5, 0.6) is 0 Å². The fourth-order valence-corrected chi connectivity index (χ4v) is 3.65. The van der Waals surface area contributed by atoms with Crippen LogP contribution in [-0.2, 0) is 13.1 Å². The molecule has 0 amide bonds. The Morgan fingerprint density at radius 3 is 2.50 bits per heavy atom. The number of benzene rings is 1. The molecule has 0 radical (unpaired) electrons. The lowest BCUT2D eigenvalue weighted by Crippen LogP contribution is -2.34. The first kappa shape index (κ1) is 17.2. The largest absolute Gasteiger partial charge is 0.477 e. The van der Waals surface area contributed by atoms with E-state index >= 15 is 0 Å². The molecule has 0 unspecified atom stereocenters. The summed E-state index contributed by atoms with van der Waals surface area (Å²) in [5.41, 5.74) is 4.49. The highest BCUT2D eigenvalue weighted by Crippen LogP contribution is 2.30. The molecule has 0 bridgehead atoms. The summed E-state index contributed by atoms with van der Waals surface area (Å²) < 4.78 is 2.80. The minimum atomic E-state index is -0.874. The number of halogens is 1. The summed E-state index contributed by atoms with van der Waals surface area (Å²) in [5, 5.41) is 13.3. The van der Waals surface area contributed by atoms with Gasteiger partial charge in [0.25, 0.3) is 0 Å². The first-order chi connectivity index (χ1) is 11.5. The van der Waals surface area contributed by atoms with Crippen LogP contribution >= 0.6 is 15.9 Å². The van der Waals surface area contributed by atoms with Gasteiger partial charge in [-0.3, -0.25) is 0 Å². The Balaban J connectivity index is 1.91. The Hall–Kier alpha value is -1.59. The van der Waals surface area contributed by atoms with Gasteiger partial charge in [-0.2, -0.15) is 0 Å². The average molecular weight is 391 g/mol. The van der Waals surface area contributed by atoms with Crippen LogP contribution < -0.4 is 5.32 Å². The smallest absolute Gasteiger partial charge is 0.352 e. The second-order valence-corrected chi connectivity index (χ2v) is 7.41. The number of aryl methyl sites for hydroxylation is 1. The molecule has 24 heavy (non-hydrogen) atoms. The monoisotopic (exact) mass is 390 g/mol. The highest BCUT2D eigenvalue weighted by Gasteiger charge is 2.25. The molecule has 1 aliphatic rings. The van der Waals surface area contributed by atoms with E-state index < -0.39 is 5.97 Å². The highest BCUT2D eigenvalue weighted by molar-refractivity contribution is 9.10. The lowest BCUT2D eigenvalue weighted by atomic mass is 9.93. The third-order valence-electron chi connectivity index (χ3n) is 4.88. The van der Waals surface area contributed by atoms with Crippen LogP contribution in [-0.4, -0.2) is 21.7 Å². The molecule has 4 nitrogen and oxygen atoms in total. The van der Waals surface area contributed by atoms with Gasteiger partial charge in [-0.1, -0.05) is 36.2 Å². The minimum Gasteiger partial charge on any atom is -0.477 e. The van der Waals surface area contributed by atoms with E-state index in [1.54, 1.807) is 0 Å². The summed E-state index contributed by atoms with van der Waals surface area (Å²) in [7, 11) is 0. The van der Waals surface area contributed by atoms with Crippen LogP contribution in [0.4, 0.5) is 0 Å². The number of carbonyl (C=O) groups is 1. The Morgan fingerprint density at radius 1 is 1.29 bits per heavy atom. The molecule has 0 saturated heterocycles. The summed E-state index contributed by atoms with van der Waals surface area (Å²) in [4.78, 5) is 11.9. The van der Waals surface area contributed by atoms with Gasteiger partial charge in [-0.05, 0) is 48.2 Å². The zero-order valence-corrected chi connectivity index (χ0v) is 15.7. The Morgan fingerprint density at radius 2 is 1.96 bits per heavy atom. The molecule has 1 fully saturated rings. The summed E-state index contributed by atoms with van der Waals surface area (Å²) >= 11 is 3.61. The molecule has 0 aliphatic heterocycles. The Labute approximate surface area is 151 Å². The number of nitrogens with one attached hydrogen (secondary N) is 1. The lowest BCUT2D eigenvalue weighted by Gasteiger charge is -2.26. The van der Waals surface area contributed by atoms with Crippen molar-refractivity contribution < 1.29 is 9.90 Å². The van der Waals surface area contributed by atoms with Gasteiger partial charge >= 0.3 is 5.97 Å².